The van der Waals surface area contributed by atoms with Crippen molar-refractivity contribution in [2.24, 2.45) is 5.73 Å². The number of ether oxygens (including phenoxy) is 2. The highest BCUT2D eigenvalue weighted by Gasteiger charge is 2.37. The summed E-state index contributed by atoms with van der Waals surface area (Å²) in [6.45, 7) is 2.17. The third kappa shape index (κ3) is 2.00. The van der Waals surface area contributed by atoms with E-state index in [4.69, 9.17) is 15.2 Å². The molecule has 0 saturated heterocycles. The van der Waals surface area contributed by atoms with Gasteiger partial charge in [-0.3, -0.25) is 4.79 Å². The van der Waals surface area contributed by atoms with Gasteiger partial charge < -0.3 is 15.2 Å². The van der Waals surface area contributed by atoms with Gasteiger partial charge >= 0.3 is 5.97 Å². The Kier molecular flexibility index (Phi) is 3.33. The van der Waals surface area contributed by atoms with Gasteiger partial charge in [-0.1, -0.05) is 12.1 Å². The first-order valence-electron chi connectivity index (χ1n) is 5.77. The van der Waals surface area contributed by atoms with Crippen LogP contribution in [0.4, 0.5) is 0 Å². The Morgan fingerprint density at radius 1 is 1.53 bits per heavy atom. The summed E-state index contributed by atoms with van der Waals surface area (Å²) >= 11 is 0. The minimum atomic E-state index is -0.361. The number of hydrogen-bond acceptors (Lipinski definition) is 4. The van der Waals surface area contributed by atoms with Crippen molar-refractivity contribution in [2.45, 2.75) is 25.3 Å². The Labute approximate surface area is 101 Å². The van der Waals surface area contributed by atoms with Crippen LogP contribution in [0.1, 0.15) is 24.0 Å². The lowest BCUT2D eigenvalue weighted by Gasteiger charge is -2.14. The van der Waals surface area contributed by atoms with Crippen molar-refractivity contribution in [3.8, 4) is 5.75 Å². The summed E-state index contributed by atoms with van der Waals surface area (Å²) < 4.78 is 10.4. The second kappa shape index (κ2) is 4.75. The predicted octanol–water partition coefficient (Wildman–Crippen LogP) is 1.23. The van der Waals surface area contributed by atoms with Crippen LogP contribution in [0.3, 0.4) is 0 Å². The minimum Gasteiger partial charge on any atom is -0.496 e. The standard InChI is InChI=1S/C13H17NO3/c1-3-17-13(15)12-8-5-4-6-11(16-2)9(8)7-10(12)14/h4-6,10,12H,3,7,14H2,1-2H3. The fourth-order valence-electron chi connectivity index (χ4n) is 2.40. The molecule has 0 spiro atoms. The van der Waals surface area contributed by atoms with Gasteiger partial charge in [0.1, 0.15) is 5.75 Å². The predicted molar refractivity (Wildman–Crippen MR) is 64.0 cm³/mol. The van der Waals surface area contributed by atoms with Crippen LogP contribution >= 0.6 is 0 Å². The summed E-state index contributed by atoms with van der Waals surface area (Å²) in [7, 11) is 1.62. The molecule has 0 heterocycles. The van der Waals surface area contributed by atoms with Crippen molar-refractivity contribution in [1.82, 2.24) is 0 Å². The lowest BCUT2D eigenvalue weighted by atomic mass is 9.99. The number of carbonyl (C=O) groups is 1. The molecule has 0 saturated carbocycles. The molecule has 92 valence electrons. The quantitative estimate of drug-likeness (QED) is 0.800. The van der Waals surface area contributed by atoms with Crippen molar-refractivity contribution in [3.63, 3.8) is 0 Å². The van der Waals surface area contributed by atoms with E-state index in [0.29, 0.717) is 13.0 Å². The van der Waals surface area contributed by atoms with Gasteiger partial charge in [0.15, 0.2) is 0 Å². The summed E-state index contributed by atoms with van der Waals surface area (Å²) in [5, 5.41) is 0. The fraction of sp³-hybridized carbons (Fsp3) is 0.462. The van der Waals surface area contributed by atoms with E-state index in [1.807, 2.05) is 18.2 Å². The number of benzene rings is 1. The molecular weight excluding hydrogens is 218 g/mol. The molecule has 1 aliphatic rings. The number of esters is 1. The van der Waals surface area contributed by atoms with Gasteiger partial charge in [-0.2, -0.15) is 0 Å². The number of carbonyl (C=O) groups excluding carboxylic acids is 1. The van der Waals surface area contributed by atoms with Gasteiger partial charge in [-0.25, -0.2) is 0 Å². The number of nitrogens with two attached hydrogens (primary N) is 1. The van der Waals surface area contributed by atoms with Gasteiger partial charge in [0, 0.05) is 6.04 Å². The molecular formula is C13H17NO3. The molecule has 0 bridgehead atoms. The molecule has 4 nitrogen and oxygen atoms in total. The molecule has 1 aromatic carbocycles. The van der Waals surface area contributed by atoms with Gasteiger partial charge in [-0.15, -0.1) is 0 Å². The van der Waals surface area contributed by atoms with Crippen LogP contribution in [-0.4, -0.2) is 25.7 Å². The van der Waals surface area contributed by atoms with Crippen LogP contribution in [0.15, 0.2) is 18.2 Å². The van der Waals surface area contributed by atoms with Crippen molar-refractivity contribution < 1.29 is 14.3 Å². The largest absolute Gasteiger partial charge is 0.496 e. The van der Waals surface area contributed by atoms with E-state index in [1.165, 1.54) is 0 Å². The van der Waals surface area contributed by atoms with E-state index in [2.05, 4.69) is 0 Å². The number of fused-ring (bicyclic) bond motifs is 1. The number of hydrogen-bond donors (Lipinski definition) is 1. The van der Waals surface area contributed by atoms with E-state index in [9.17, 15) is 4.79 Å². The van der Waals surface area contributed by atoms with E-state index < -0.39 is 0 Å². The third-order valence-electron chi connectivity index (χ3n) is 3.13. The highest BCUT2D eigenvalue weighted by Crippen LogP contribution is 2.38. The molecule has 4 heteroatoms. The molecule has 0 aromatic heterocycles. The molecule has 0 aliphatic heterocycles. The zero-order valence-corrected chi connectivity index (χ0v) is 10.1. The monoisotopic (exact) mass is 235 g/mol. The van der Waals surface area contributed by atoms with Crippen LogP contribution in [-0.2, 0) is 16.0 Å². The number of methoxy groups -OCH3 is 1. The molecule has 2 unspecified atom stereocenters. The Morgan fingerprint density at radius 2 is 2.29 bits per heavy atom. The Balaban J connectivity index is 2.37. The molecule has 0 fully saturated rings. The Bertz CT molecular complexity index is 431. The molecule has 1 aliphatic carbocycles. The minimum absolute atomic E-state index is 0.222. The first-order valence-corrected chi connectivity index (χ1v) is 5.77. The fourth-order valence-corrected chi connectivity index (χ4v) is 2.40. The van der Waals surface area contributed by atoms with Crippen LogP contribution in [0.5, 0.6) is 5.75 Å². The summed E-state index contributed by atoms with van der Waals surface area (Å²) in [6.07, 6.45) is 0.656. The Morgan fingerprint density at radius 3 is 2.94 bits per heavy atom. The van der Waals surface area contributed by atoms with Crippen LogP contribution in [0.25, 0.3) is 0 Å². The zero-order valence-electron chi connectivity index (χ0n) is 10.1. The maximum atomic E-state index is 11.9. The van der Waals surface area contributed by atoms with E-state index in [1.54, 1.807) is 14.0 Å². The molecule has 2 atom stereocenters. The Hall–Kier alpha value is -1.55. The van der Waals surface area contributed by atoms with Crippen molar-refractivity contribution in [3.05, 3.63) is 29.3 Å². The summed E-state index contributed by atoms with van der Waals surface area (Å²) in [4.78, 5) is 11.9. The lowest BCUT2D eigenvalue weighted by Crippen LogP contribution is -2.31. The summed E-state index contributed by atoms with van der Waals surface area (Å²) in [6, 6.07) is 5.47. The molecule has 0 amide bonds. The second-order valence-electron chi connectivity index (χ2n) is 4.13. The molecule has 17 heavy (non-hydrogen) atoms. The number of rotatable bonds is 3. The SMILES string of the molecule is CCOC(=O)C1c2cccc(OC)c2CC1N. The average Bonchev–Trinajstić information content (AvgIpc) is 2.65. The highest BCUT2D eigenvalue weighted by molar-refractivity contribution is 5.81. The average molecular weight is 235 g/mol. The van der Waals surface area contributed by atoms with Crippen molar-refractivity contribution in [2.75, 3.05) is 13.7 Å². The van der Waals surface area contributed by atoms with Crippen LogP contribution < -0.4 is 10.5 Å². The van der Waals surface area contributed by atoms with E-state index >= 15 is 0 Å². The van der Waals surface area contributed by atoms with Crippen molar-refractivity contribution in [1.29, 1.82) is 0 Å². The van der Waals surface area contributed by atoms with Gasteiger partial charge in [0.2, 0.25) is 0 Å². The van der Waals surface area contributed by atoms with E-state index in [-0.39, 0.29) is 17.9 Å². The first-order chi connectivity index (χ1) is 8.19. The normalized spacial score (nSPS) is 22.1. The van der Waals surface area contributed by atoms with Crippen LogP contribution in [0.2, 0.25) is 0 Å². The first kappa shape index (κ1) is 11.9. The topological polar surface area (TPSA) is 61.5 Å². The molecule has 2 N–H and O–H groups in total. The van der Waals surface area contributed by atoms with Gasteiger partial charge in [0.25, 0.3) is 0 Å². The highest BCUT2D eigenvalue weighted by atomic mass is 16.5. The van der Waals surface area contributed by atoms with E-state index in [0.717, 1.165) is 16.9 Å². The molecule has 2 rings (SSSR count). The second-order valence-corrected chi connectivity index (χ2v) is 4.13. The summed E-state index contributed by atoms with van der Waals surface area (Å²) in [5.74, 6) is 0.191. The van der Waals surface area contributed by atoms with Gasteiger partial charge in [-0.05, 0) is 30.5 Å². The lowest BCUT2D eigenvalue weighted by molar-refractivity contribution is -0.145. The van der Waals surface area contributed by atoms with Crippen LogP contribution in [0, 0.1) is 0 Å². The third-order valence-corrected chi connectivity index (χ3v) is 3.13. The molecule has 1 aromatic rings. The zero-order chi connectivity index (χ0) is 12.4. The van der Waals surface area contributed by atoms with Gasteiger partial charge in [0.05, 0.1) is 19.6 Å². The smallest absolute Gasteiger partial charge is 0.315 e. The van der Waals surface area contributed by atoms with Crippen molar-refractivity contribution >= 4 is 5.97 Å². The molecule has 0 radical (unpaired) electrons. The maximum Gasteiger partial charge on any atom is 0.315 e. The summed E-state index contributed by atoms with van der Waals surface area (Å²) in [5.41, 5.74) is 8.00. The maximum absolute atomic E-state index is 11.9.